The highest BCUT2D eigenvalue weighted by Crippen LogP contribution is 2.17. The van der Waals surface area contributed by atoms with Crippen LogP contribution in [0.2, 0.25) is 0 Å². The molecule has 0 aliphatic rings. The van der Waals surface area contributed by atoms with Crippen LogP contribution in [0.15, 0.2) is 46.5 Å². The van der Waals surface area contributed by atoms with Crippen LogP contribution in [0, 0.1) is 0 Å². The second-order valence-electron chi connectivity index (χ2n) is 4.12. The van der Waals surface area contributed by atoms with Crippen molar-refractivity contribution in [3.8, 4) is 0 Å². The number of aryl methyl sites for hydroxylation is 1. The van der Waals surface area contributed by atoms with Crippen LogP contribution in [-0.4, -0.2) is 35.6 Å². The summed E-state index contributed by atoms with van der Waals surface area (Å²) in [7, 11) is -3.83. The van der Waals surface area contributed by atoms with Crippen molar-refractivity contribution in [2.24, 2.45) is 0 Å². The molecular weight excluding hydrogens is 312 g/mol. The van der Waals surface area contributed by atoms with Crippen molar-refractivity contribution in [2.45, 2.75) is 22.8 Å². The van der Waals surface area contributed by atoms with E-state index < -0.39 is 15.9 Å². The molecule has 0 radical (unpaired) electrons. The molecule has 2 aromatic rings. The van der Waals surface area contributed by atoms with Gasteiger partial charge in [-0.15, -0.1) is 16.9 Å². The minimum atomic E-state index is -3.83. The third-order valence-electron chi connectivity index (χ3n) is 2.66. The molecule has 0 spiro atoms. The second-order valence-corrected chi connectivity index (χ2v) is 6.68. The lowest BCUT2D eigenvalue weighted by molar-refractivity contribution is -0.119. The molecule has 1 amide bonds. The van der Waals surface area contributed by atoms with E-state index in [2.05, 4.69) is 10.3 Å². The summed E-state index contributed by atoms with van der Waals surface area (Å²) in [6.45, 7) is 0.271. The second kappa shape index (κ2) is 6.72. The smallest absolute Gasteiger partial charge is 0.264 e. The summed E-state index contributed by atoms with van der Waals surface area (Å²) in [5.41, 5.74) is 0. The Bertz CT molecular complexity index is 697. The SMILES string of the molecule is CSc1ccc(S(=O)(=O)NC(=O)CCn2ccnn2)cc1. The van der Waals surface area contributed by atoms with Gasteiger partial charge in [0.15, 0.2) is 0 Å². The van der Waals surface area contributed by atoms with Crippen LogP contribution in [-0.2, 0) is 21.4 Å². The van der Waals surface area contributed by atoms with Gasteiger partial charge >= 0.3 is 0 Å². The topological polar surface area (TPSA) is 94.0 Å². The molecule has 7 nitrogen and oxygen atoms in total. The molecule has 1 aromatic heterocycles. The summed E-state index contributed by atoms with van der Waals surface area (Å²) >= 11 is 1.51. The van der Waals surface area contributed by atoms with Gasteiger partial charge in [0, 0.05) is 17.5 Å². The van der Waals surface area contributed by atoms with E-state index in [0.717, 1.165) is 4.90 Å². The molecule has 0 aliphatic carbocycles. The average Bonchev–Trinajstić information content (AvgIpc) is 2.98. The van der Waals surface area contributed by atoms with Crippen LogP contribution in [0.5, 0.6) is 0 Å². The number of rotatable bonds is 6. The quantitative estimate of drug-likeness (QED) is 0.793. The standard InChI is InChI=1S/C12H14N4O3S2/c1-20-10-2-4-11(5-3-10)21(18,19)14-12(17)6-8-16-9-7-13-15-16/h2-5,7,9H,6,8H2,1H3,(H,14,17). The lowest BCUT2D eigenvalue weighted by Gasteiger charge is -2.07. The summed E-state index contributed by atoms with van der Waals surface area (Å²) in [5, 5.41) is 7.30. The summed E-state index contributed by atoms with van der Waals surface area (Å²) in [6.07, 6.45) is 4.99. The molecule has 0 atom stereocenters. The Morgan fingerprint density at radius 1 is 1.33 bits per heavy atom. The number of sulfonamides is 1. The number of nitrogens with zero attached hydrogens (tertiary/aromatic N) is 3. The molecular formula is C12H14N4O3S2. The van der Waals surface area contributed by atoms with Crippen LogP contribution in [0.1, 0.15) is 6.42 Å². The van der Waals surface area contributed by atoms with Gasteiger partial charge in [-0.25, -0.2) is 13.1 Å². The maximum absolute atomic E-state index is 12.0. The maximum atomic E-state index is 12.0. The Labute approximate surface area is 126 Å². The zero-order valence-electron chi connectivity index (χ0n) is 11.3. The molecule has 0 fully saturated rings. The molecule has 0 unspecified atom stereocenters. The van der Waals surface area contributed by atoms with Crippen LogP contribution in [0.4, 0.5) is 0 Å². The van der Waals surface area contributed by atoms with Crippen molar-refractivity contribution in [1.29, 1.82) is 0 Å². The fourth-order valence-corrected chi connectivity index (χ4v) is 3.01. The molecule has 112 valence electrons. The summed E-state index contributed by atoms with van der Waals surface area (Å²) < 4.78 is 27.6. The van der Waals surface area contributed by atoms with Gasteiger partial charge in [0.25, 0.3) is 10.0 Å². The molecule has 2 rings (SSSR count). The Morgan fingerprint density at radius 3 is 2.62 bits per heavy atom. The van der Waals surface area contributed by atoms with Crippen molar-refractivity contribution in [2.75, 3.05) is 6.26 Å². The van der Waals surface area contributed by atoms with Gasteiger partial charge < -0.3 is 0 Å². The number of hydrogen-bond donors (Lipinski definition) is 1. The maximum Gasteiger partial charge on any atom is 0.264 e. The zero-order valence-corrected chi connectivity index (χ0v) is 12.9. The van der Waals surface area contributed by atoms with E-state index in [-0.39, 0.29) is 17.9 Å². The first-order valence-electron chi connectivity index (χ1n) is 6.05. The Kier molecular flexibility index (Phi) is 4.97. The van der Waals surface area contributed by atoms with Gasteiger partial charge in [-0.3, -0.25) is 9.48 Å². The highest BCUT2D eigenvalue weighted by molar-refractivity contribution is 7.98. The molecule has 9 heteroatoms. The number of hydrogen-bond acceptors (Lipinski definition) is 6. The first kappa shape index (κ1) is 15.5. The van der Waals surface area contributed by atoms with Crippen molar-refractivity contribution in [3.63, 3.8) is 0 Å². The highest BCUT2D eigenvalue weighted by Gasteiger charge is 2.17. The molecule has 21 heavy (non-hydrogen) atoms. The van der Waals surface area contributed by atoms with E-state index >= 15 is 0 Å². The van der Waals surface area contributed by atoms with E-state index in [4.69, 9.17) is 0 Å². The fourth-order valence-electron chi connectivity index (χ4n) is 1.58. The average molecular weight is 326 g/mol. The summed E-state index contributed by atoms with van der Waals surface area (Å²) in [5.74, 6) is -0.584. The number of amides is 1. The zero-order chi connectivity index (χ0) is 15.3. The van der Waals surface area contributed by atoms with E-state index in [9.17, 15) is 13.2 Å². The summed E-state index contributed by atoms with van der Waals surface area (Å²) in [4.78, 5) is 12.7. The Morgan fingerprint density at radius 2 is 2.05 bits per heavy atom. The van der Waals surface area contributed by atoms with Gasteiger partial charge in [0.05, 0.1) is 17.6 Å². The molecule has 1 aromatic carbocycles. The fraction of sp³-hybridized carbons (Fsp3) is 0.250. The van der Waals surface area contributed by atoms with E-state index in [1.807, 2.05) is 11.0 Å². The van der Waals surface area contributed by atoms with Gasteiger partial charge in [0.1, 0.15) is 0 Å². The summed E-state index contributed by atoms with van der Waals surface area (Å²) in [6, 6.07) is 6.33. The molecule has 1 N–H and O–H groups in total. The molecule has 0 saturated heterocycles. The van der Waals surface area contributed by atoms with Crippen LogP contribution in [0.3, 0.4) is 0 Å². The van der Waals surface area contributed by atoms with E-state index in [1.165, 1.54) is 34.8 Å². The number of aromatic nitrogens is 3. The molecule has 0 saturated carbocycles. The number of benzene rings is 1. The molecule has 0 aliphatic heterocycles. The monoisotopic (exact) mass is 326 g/mol. The van der Waals surface area contributed by atoms with Crippen molar-refractivity contribution < 1.29 is 13.2 Å². The van der Waals surface area contributed by atoms with Crippen molar-refractivity contribution >= 4 is 27.7 Å². The van der Waals surface area contributed by atoms with Crippen LogP contribution < -0.4 is 4.72 Å². The van der Waals surface area contributed by atoms with Gasteiger partial charge in [-0.1, -0.05) is 5.21 Å². The number of nitrogens with one attached hydrogen (secondary N) is 1. The third-order valence-corrected chi connectivity index (χ3v) is 4.79. The third kappa shape index (κ3) is 4.30. The van der Waals surface area contributed by atoms with Gasteiger partial charge in [-0.05, 0) is 30.5 Å². The Balaban J connectivity index is 1.97. The lowest BCUT2D eigenvalue weighted by atomic mass is 10.4. The largest absolute Gasteiger partial charge is 0.274 e. The number of carbonyl (C=O) groups is 1. The molecule has 1 heterocycles. The minimum absolute atomic E-state index is 0.00544. The van der Waals surface area contributed by atoms with Gasteiger partial charge in [0.2, 0.25) is 5.91 Å². The number of carbonyl (C=O) groups excluding carboxylic acids is 1. The van der Waals surface area contributed by atoms with Crippen molar-refractivity contribution in [1.82, 2.24) is 19.7 Å². The first-order valence-corrected chi connectivity index (χ1v) is 8.76. The molecule has 0 bridgehead atoms. The number of thioether (sulfide) groups is 1. The predicted molar refractivity (Wildman–Crippen MR) is 78.2 cm³/mol. The first-order chi connectivity index (χ1) is 10.0. The van der Waals surface area contributed by atoms with E-state index in [0.29, 0.717) is 0 Å². The minimum Gasteiger partial charge on any atom is -0.274 e. The highest BCUT2D eigenvalue weighted by atomic mass is 32.2. The van der Waals surface area contributed by atoms with Crippen LogP contribution >= 0.6 is 11.8 Å². The van der Waals surface area contributed by atoms with E-state index in [1.54, 1.807) is 18.3 Å². The predicted octanol–water partition coefficient (Wildman–Crippen LogP) is 0.895. The normalized spacial score (nSPS) is 11.3. The van der Waals surface area contributed by atoms with Crippen molar-refractivity contribution in [3.05, 3.63) is 36.7 Å². The van der Waals surface area contributed by atoms with Gasteiger partial charge in [-0.2, -0.15) is 0 Å². The van der Waals surface area contributed by atoms with Crippen LogP contribution in [0.25, 0.3) is 0 Å². The Hall–Kier alpha value is -1.87. The lowest BCUT2D eigenvalue weighted by Crippen LogP contribution is -2.31.